The highest BCUT2D eigenvalue weighted by molar-refractivity contribution is 6.06. The van der Waals surface area contributed by atoms with Crippen molar-refractivity contribution in [3.63, 3.8) is 0 Å². The summed E-state index contributed by atoms with van der Waals surface area (Å²) in [4.78, 5) is 19.9. The summed E-state index contributed by atoms with van der Waals surface area (Å²) in [6.07, 6.45) is 10.2. The smallest absolute Gasteiger partial charge is 0.257 e. The lowest BCUT2D eigenvalue weighted by Crippen LogP contribution is -2.45. The molecule has 0 bridgehead atoms. The number of rotatable bonds is 7. The summed E-state index contributed by atoms with van der Waals surface area (Å²) in [5.41, 5.74) is 7.96. The number of carbonyl (C=O) groups is 1. The Bertz CT molecular complexity index is 646. The first kappa shape index (κ1) is 18.9. The highest BCUT2D eigenvalue weighted by atomic mass is 16.2. The molecule has 2 aliphatic rings. The van der Waals surface area contributed by atoms with Gasteiger partial charge in [0.15, 0.2) is 5.96 Å². The second-order valence-corrected chi connectivity index (χ2v) is 8.19. The van der Waals surface area contributed by atoms with Crippen LogP contribution in [0.4, 0.5) is 0 Å². The van der Waals surface area contributed by atoms with Crippen LogP contribution in [0.3, 0.4) is 0 Å². The molecule has 3 rings (SSSR count). The minimum absolute atomic E-state index is 0.120. The van der Waals surface area contributed by atoms with Crippen molar-refractivity contribution in [2.75, 3.05) is 0 Å². The van der Waals surface area contributed by atoms with Gasteiger partial charge in [0.2, 0.25) is 0 Å². The van der Waals surface area contributed by atoms with Crippen molar-refractivity contribution in [2.24, 2.45) is 16.6 Å². The van der Waals surface area contributed by atoms with Crippen LogP contribution in [0, 0.1) is 12.8 Å². The fourth-order valence-corrected chi connectivity index (χ4v) is 4.45. The third-order valence-electron chi connectivity index (χ3n) is 6.00. The van der Waals surface area contributed by atoms with Gasteiger partial charge in [-0.1, -0.05) is 81.7 Å². The van der Waals surface area contributed by atoms with Crippen LogP contribution in [0.25, 0.3) is 0 Å². The third-order valence-corrected chi connectivity index (χ3v) is 6.00. The standard InChI is InChI=1S/C22H33N3O/c1-3-4-14-22(15-18-8-6-5-7-9-18)20(26)25(21(23)24-22)16-19-12-10-17(2)11-13-19/h10-13,18H,3-9,14-16H2,1-2H3,(H2,23,24)/t22-/m1/s1. The summed E-state index contributed by atoms with van der Waals surface area (Å²) in [6.45, 7) is 4.76. The molecule has 26 heavy (non-hydrogen) atoms. The zero-order chi connectivity index (χ0) is 18.6. The van der Waals surface area contributed by atoms with Gasteiger partial charge < -0.3 is 5.73 Å². The minimum Gasteiger partial charge on any atom is -0.369 e. The zero-order valence-corrected chi connectivity index (χ0v) is 16.3. The first-order chi connectivity index (χ1) is 12.5. The maximum absolute atomic E-state index is 13.4. The van der Waals surface area contributed by atoms with Crippen molar-refractivity contribution < 1.29 is 4.79 Å². The molecule has 1 heterocycles. The SMILES string of the molecule is CCCC[C@]1(CC2CCCCC2)N=C(N)N(Cc2ccc(C)cc2)C1=O. The Balaban J connectivity index is 1.78. The van der Waals surface area contributed by atoms with Crippen LogP contribution in [0.15, 0.2) is 29.3 Å². The van der Waals surface area contributed by atoms with Crippen LogP contribution in [0.2, 0.25) is 0 Å². The van der Waals surface area contributed by atoms with Crippen molar-refractivity contribution >= 4 is 11.9 Å². The number of aliphatic imine (C=N–C) groups is 1. The van der Waals surface area contributed by atoms with Gasteiger partial charge in [0, 0.05) is 0 Å². The predicted molar refractivity (Wildman–Crippen MR) is 107 cm³/mol. The molecule has 0 aromatic heterocycles. The number of guanidine groups is 1. The molecule has 0 radical (unpaired) electrons. The van der Waals surface area contributed by atoms with Gasteiger partial charge in [0.1, 0.15) is 5.54 Å². The van der Waals surface area contributed by atoms with Crippen molar-refractivity contribution in [3.05, 3.63) is 35.4 Å². The van der Waals surface area contributed by atoms with E-state index in [0.29, 0.717) is 18.4 Å². The number of nitrogens with two attached hydrogens (primary N) is 1. The van der Waals surface area contributed by atoms with Crippen LogP contribution in [0.5, 0.6) is 0 Å². The summed E-state index contributed by atoms with van der Waals surface area (Å²) in [6, 6.07) is 8.30. The molecule has 1 amide bonds. The lowest BCUT2D eigenvalue weighted by molar-refractivity contribution is -0.132. The number of hydrogen-bond donors (Lipinski definition) is 1. The van der Waals surface area contributed by atoms with E-state index in [1.165, 1.54) is 37.7 Å². The molecule has 1 aliphatic carbocycles. The van der Waals surface area contributed by atoms with Gasteiger partial charge in [-0.25, -0.2) is 4.99 Å². The minimum atomic E-state index is -0.618. The van der Waals surface area contributed by atoms with E-state index in [1.54, 1.807) is 4.90 Å². The highest BCUT2D eigenvalue weighted by Gasteiger charge is 2.48. The number of hydrogen-bond acceptors (Lipinski definition) is 3. The van der Waals surface area contributed by atoms with Crippen molar-refractivity contribution in [3.8, 4) is 0 Å². The van der Waals surface area contributed by atoms with E-state index in [1.807, 2.05) is 0 Å². The molecular formula is C22H33N3O. The van der Waals surface area contributed by atoms with E-state index in [4.69, 9.17) is 10.7 Å². The van der Waals surface area contributed by atoms with Crippen LogP contribution in [-0.2, 0) is 11.3 Å². The van der Waals surface area contributed by atoms with Gasteiger partial charge in [-0.2, -0.15) is 0 Å². The van der Waals surface area contributed by atoms with Gasteiger partial charge in [0.05, 0.1) is 6.54 Å². The molecule has 0 unspecified atom stereocenters. The predicted octanol–water partition coefficient (Wildman–Crippen LogP) is 4.55. The molecule has 0 spiro atoms. The highest BCUT2D eigenvalue weighted by Crippen LogP contribution is 2.39. The summed E-state index contributed by atoms with van der Waals surface area (Å²) >= 11 is 0. The van der Waals surface area contributed by atoms with Crippen LogP contribution in [-0.4, -0.2) is 22.3 Å². The molecule has 0 saturated heterocycles. The lowest BCUT2D eigenvalue weighted by Gasteiger charge is -2.32. The summed E-state index contributed by atoms with van der Waals surface area (Å²) in [7, 11) is 0. The van der Waals surface area contributed by atoms with E-state index in [9.17, 15) is 4.79 Å². The molecule has 1 aliphatic heterocycles. The van der Waals surface area contributed by atoms with Crippen molar-refractivity contribution in [1.82, 2.24) is 4.90 Å². The van der Waals surface area contributed by atoms with Crippen LogP contribution >= 0.6 is 0 Å². The molecule has 1 saturated carbocycles. The average Bonchev–Trinajstić information content (AvgIpc) is 2.87. The largest absolute Gasteiger partial charge is 0.369 e. The molecule has 142 valence electrons. The number of aryl methyl sites for hydroxylation is 1. The summed E-state index contributed by atoms with van der Waals surface area (Å²) < 4.78 is 0. The number of nitrogens with zero attached hydrogens (tertiary/aromatic N) is 2. The van der Waals surface area contributed by atoms with Crippen LogP contribution < -0.4 is 5.73 Å². The lowest BCUT2D eigenvalue weighted by atomic mass is 9.77. The molecule has 1 atom stereocenters. The van der Waals surface area contributed by atoms with Gasteiger partial charge in [0.25, 0.3) is 5.91 Å². The fourth-order valence-electron chi connectivity index (χ4n) is 4.45. The number of unbranched alkanes of at least 4 members (excludes halogenated alkanes) is 1. The van der Waals surface area contributed by atoms with Gasteiger partial charge in [-0.15, -0.1) is 0 Å². The van der Waals surface area contributed by atoms with E-state index >= 15 is 0 Å². The van der Waals surface area contributed by atoms with Gasteiger partial charge in [-0.3, -0.25) is 9.69 Å². The van der Waals surface area contributed by atoms with E-state index in [0.717, 1.165) is 31.2 Å². The fraction of sp³-hybridized carbons (Fsp3) is 0.636. The Morgan fingerprint density at radius 1 is 1.19 bits per heavy atom. The molecular weight excluding hydrogens is 322 g/mol. The Morgan fingerprint density at radius 3 is 2.54 bits per heavy atom. The van der Waals surface area contributed by atoms with E-state index in [-0.39, 0.29) is 5.91 Å². The van der Waals surface area contributed by atoms with E-state index in [2.05, 4.69) is 38.1 Å². The van der Waals surface area contributed by atoms with Crippen molar-refractivity contribution in [1.29, 1.82) is 0 Å². The topological polar surface area (TPSA) is 58.7 Å². The average molecular weight is 356 g/mol. The molecule has 1 aromatic carbocycles. The Labute approximate surface area is 157 Å². The Hall–Kier alpha value is -1.84. The number of amides is 1. The second-order valence-electron chi connectivity index (χ2n) is 8.19. The zero-order valence-electron chi connectivity index (χ0n) is 16.3. The Kier molecular flexibility index (Phi) is 6.00. The van der Waals surface area contributed by atoms with Gasteiger partial charge in [-0.05, 0) is 31.2 Å². The first-order valence-corrected chi connectivity index (χ1v) is 10.3. The molecule has 1 aromatic rings. The van der Waals surface area contributed by atoms with Crippen molar-refractivity contribution in [2.45, 2.75) is 83.7 Å². The molecule has 4 heteroatoms. The quantitative estimate of drug-likeness (QED) is 0.780. The maximum Gasteiger partial charge on any atom is 0.257 e. The Morgan fingerprint density at radius 2 is 1.88 bits per heavy atom. The summed E-state index contributed by atoms with van der Waals surface area (Å²) in [5, 5.41) is 0. The molecule has 2 N–H and O–H groups in total. The second kappa shape index (κ2) is 8.24. The first-order valence-electron chi connectivity index (χ1n) is 10.3. The normalized spacial score (nSPS) is 24.2. The monoisotopic (exact) mass is 355 g/mol. The maximum atomic E-state index is 13.4. The van der Waals surface area contributed by atoms with E-state index < -0.39 is 5.54 Å². The third kappa shape index (κ3) is 4.11. The molecule has 1 fully saturated rings. The number of benzene rings is 1. The number of carbonyl (C=O) groups excluding carboxylic acids is 1. The van der Waals surface area contributed by atoms with Crippen LogP contribution in [0.1, 0.15) is 75.8 Å². The summed E-state index contributed by atoms with van der Waals surface area (Å²) in [5.74, 6) is 1.14. The molecule has 4 nitrogen and oxygen atoms in total. The van der Waals surface area contributed by atoms with Gasteiger partial charge >= 0.3 is 0 Å².